The van der Waals surface area contributed by atoms with Gasteiger partial charge in [-0.15, -0.1) is 11.3 Å². The van der Waals surface area contributed by atoms with Crippen LogP contribution in [0.4, 0.5) is 5.69 Å². The van der Waals surface area contributed by atoms with Crippen molar-refractivity contribution in [2.45, 2.75) is 13.0 Å². The summed E-state index contributed by atoms with van der Waals surface area (Å²) < 4.78 is 6.07. The maximum absolute atomic E-state index is 12.0. The van der Waals surface area contributed by atoms with Crippen molar-refractivity contribution in [3.8, 4) is 0 Å². The summed E-state index contributed by atoms with van der Waals surface area (Å²) in [5.74, 6) is -0.319. The molecule has 1 aromatic heterocycles. The lowest BCUT2D eigenvalue weighted by Gasteiger charge is -2.16. The van der Waals surface area contributed by atoms with Crippen molar-refractivity contribution < 1.29 is 9.53 Å². The first-order valence-corrected chi connectivity index (χ1v) is 7.46. The molecule has 19 heavy (non-hydrogen) atoms. The lowest BCUT2D eigenvalue weighted by Crippen LogP contribution is -2.23. The fourth-order valence-electron chi connectivity index (χ4n) is 1.54. The largest absolute Gasteiger partial charge is 0.464 e. The molecule has 0 fully saturated rings. The number of thiazole rings is 1. The molecule has 2 rings (SSSR count). The number of nitrogens with one attached hydrogen (secondary N) is 1. The first-order valence-electron chi connectivity index (χ1n) is 5.79. The lowest BCUT2D eigenvalue weighted by molar-refractivity contribution is -0.144. The Morgan fingerprint density at radius 2 is 2.21 bits per heavy atom. The Bertz CT molecular complexity index is 528. The van der Waals surface area contributed by atoms with Crippen LogP contribution in [0.25, 0.3) is 0 Å². The molecule has 0 bridgehead atoms. The molecule has 1 N–H and O–H groups in total. The molecule has 0 spiro atoms. The quantitative estimate of drug-likeness (QED) is 0.844. The molecule has 0 aliphatic carbocycles. The second-order valence-corrected chi connectivity index (χ2v) is 5.55. The topological polar surface area (TPSA) is 51.2 Å². The Morgan fingerprint density at radius 1 is 1.47 bits per heavy atom. The van der Waals surface area contributed by atoms with E-state index in [9.17, 15) is 4.79 Å². The van der Waals surface area contributed by atoms with Crippen molar-refractivity contribution in [1.82, 2.24) is 4.98 Å². The molecule has 0 saturated heterocycles. The van der Waals surface area contributed by atoms with Crippen LogP contribution in [-0.4, -0.2) is 17.6 Å². The monoisotopic (exact) mass is 340 g/mol. The Balaban J connectivity index is 2.18. The zero-order valence-electron chi connectivity index (χ0n) is 10.3. The molecular formula is C13H13BrN2O2S. The minimum atomic E-state index is -0.568. The zero-order chi connectivity index (χ0) is 13.7. The van der Waals surface area contributed by atoms with E-state index >= 15 is 0 Å². The van der Waals surface area contributed by atoms with Gasteiger partial charge in [-0.2, -0.15) is 0 Å². The van der Waals surface area contributed by atoms with Crippen LogP contribution in [0.2, 0.25) is 0 Å². The van der Waals surface area contributed by atoms with Crippen LogP contribution in [0.1, 0.15) is 18.0 Å². The second kappa shape index (κ2) is 6.68. The number of ether oxygens (including phenoxy) is 1. The second-order valence-electron chi connectivity index (χ2n) is 3.71. The minimum absolute atomic E-state index is 0.319. The number of anilines is 1. The molecule has 1 unspecified atom stereocenters. The molecular weight excluding hydrogens is 328 g/mol. The Labute approximate surface area is 124 Å². The first-order chi connectivity index (χ1) is 9.20. The smallest absolute Gasteiger partial charge is 0.335 e. The number of rotatable bonds is 5. The number of carbonyl (C=O) groups is 1. The normalized spacial score (nSPS) is 11.9. The van der Waals surface area contributed by atoms with Gasteiger partial charge in [-0.3, -0.25) is 0 Å². The Hall–Kier alpha value is -1.40. The van der Waals surface area contributed by atoms with E-state index in [0.717, 1.165) is 10.2 Å². The first kappa shape index (κ1) is 14.0. The number of carbonyl (C=O) groups excluding carboxylic acids is 1. The summed E-state index contributed by atoms with van der Waals surface area (Å²) in [4.78, 5) is 16.2. The van der Waals surface area contributed by atoms with Gasteiger partial charge in [0, 0.05) is 21.7 Å². The average molecular weight is 341 g/mol. The van der Waals surface area contributed by atoms with Gasteiger partial charge in [-0.05, 0) is 31.2 Å². The van der Waals surface area contributed by atoms with Gasteiger partial charge in [0.15, 0.2) is 6.04 Å². The molecule has 1 aromatic carbocycles. The molecule has 0 amide bonds. The summed E-state index contributed by atoms with van der Waals surface area (Å²) in [6, 6.07) is 7.04. The maximum atomic E-state index is 12.0. The predicted molar refractivity (Wildman–Crippen MR) is 79.3 cm³/mol. The van der Waals surface area contributed by atoms with E-state index in [1.807, 2.05) is 29.6 Å². The fraction of sp³-hybridized carbons (Fsp3) is 0.231. The minimum Gasteiger partial charge on any atom is -0.464 e. The molecule has 0 saturated carbocycles. The highest BCUT2D eigenvalue weighted by Crippen LogP contribution is 2.24. The van der Waals surface area contributed by atoms with Gasteiger partial charge in [-0.25, -0.2) is 9.78 Å². The van der Waals surface area contributed by atoms with Crippen LogP contribution in [0, 0.1) is 0 Å². The fourth-order valence-corrected chi connectivity index (χ4v) is 2.48. The van der Waals surface area contributed by atoms with Gasteiger partial charge < -0.3 is 10.1 Å². The van der Waals surface area contributed by atoms with E-state index in [-0.39, 0.29) is 5.97 Å². The molecule has 6 heteroatoms. The summed E-state index contributed by atoms with van der Waals surface area (Å²) in [6.45, 7) is 2.14. The molecule has 100 valence electrons. The number of aromatic nitrogens is 1. The van der Waals surface area contributed by atoms with Gasteiger partial charge >= 0.3 is 5.97 Å². The summed E-state index contributed by atoms with van der Waals surface area (Å²) >= 11 is 4.80. The highest BCUT2D eigenvalue weighted by Gasteiger charge is 2.24. The average Bonchev–Trinajstić information content (AvgIpc) is 2.92. The third kappa shape index (κ3) is 3.78. The van der Waals surface area contributed by atoms with Crippen LogP contribution in [0.5, 0.6) is 0 Å². The highest BCUT2D eigenvalue weighted by molar-refractivity contribution is 9.10. The molecule has 1 heterocycles. The van der Waals surface area contributed by atoms with E-state index in [4.69, 9.17) is 4.74 Å². The summed E-state index contributed by atoms with van der Waals surface area (Å²) in [7, 11) is 0. The number of hydrogen-bond acceptors (Lipinski definition) is 5. The number of esters is 1. The van der Waals surface area contributed by atoms with E-state index in [1.54, 1.807) is 13.1 Å². The number of benzene rings is 1. The predicted octanol–water partition coefficient (Wildman–Crippen LogP) is 3.62. The van der Waals surface area contributed by atoms with Gasteiger partial charge in [-0.1, -0.05) is 15.9 Å². The Kier molecular flexibility index (Phi) is 4.93. The van der Waals surface area contributed by atoms with Crippen molar-refractivity contribution in [2.75, 3.05) is 11.9 Å². The molecule has 0 aliphatic rings. The van der Waals surface area contributed by atoms with Crippen molar-refractivity contribution >= 4 is 38.9 Å². The van der Waals surface area contributed by atoms with E-state index in [2.05, 4.69) is 26.2 Å². The number of halogens is 1. The van der Waals surface area contributed by atoms with Crippen LogP contribution >= 0.6 is 27.3 Å². The van der Waals surface area contributed by atoms with Crippen LogP contribution in [0.15, 0.2) is 40.3 Å². The Morgan fingerprint density at radius 3 is 2.79 bits per heavy atom. The lowest BCUT2D eigenvalue weighted by atomic mass is 10.2. The van der Waals surface area contributed by atoms with Crippen molar-refractivity contribution in [1.29, 1.82) is 0 Å². The van der Waals surface area contributed by atoms with Crippen molar-refractivity contribution in [3.05, 3.63) is 45.3 Å². The molecule has 4 nitrogen and oxygen atoms in total. The van der Waals surface area contributed by atoms with Crippen LogP contribution < -0.4 is 5.32 Å². The van der Waals surface area contributed by atoms with Crippen LogP contribution in [-0.2, 0) is 9.53 Å². The summed E-state index contributed by atoms with van der Waals surface area (Å²) in [5.41, 5.74) is 0.844. The molecule has 0 aliphatic heterocycles. The third-order valence-electron chi connectivity index (χ3n) is 2.38. The molecule has 2 aromatic rings. The maximum Gasteiger partial charge on any atom is 0.335 e. The van der Waals surface area contributed by atoms with Crippen molar-refractivity contribution in [2.24, 2.45) is 0 Å². The summed E-state index contributed by atoms with van der Waals surface area (Å²) in [6.07, 6.45) is 1.68. The molecule has 0 radical (unpaired) electrons. The van der Waals surface area contributed by atoms with Crippen molar-refractivity contribution in [3.63, 3.8) is 0 Å². The third-order valence-corrected chi connectivity index (χ3v) is 3.74. The summed E-state index contributed by atoms with van der Waals surface area (Å²) in [5, 5.41) is 5.68. The van der Waals surface area contributed by atoms with Gasteiger partial charge in [0.1, 0.15) is 5.01 Å². The SMILES string of the molecule is CCOC(=O)C(Nc1ccc(Br)cc1)c1nccs1. The molecule has 1 atom stereocenters. The van der Waals surface area contributed by atoms with Gasteiger partial charge in [0.2, 0.25) is 0 Å². The van der Waals surface area contributed by atoms with E-state index in [0.29, 0.717) is 11.6 Å². The standard InChI is InChI=1S/C13H13BrN2O2S/c1-2-18-13(17)11(12-15-7-8-19-12)16-10-5-3-9(14)4-6-10/h3-8,11,16H,2H2,1H3. The number of nitrogens with zero attached hydrogens (tertiary/aromatic N) is 1. The highest BCUT2D eigenvalue weighted by atomic mass is 79.9. The van der Waals surface area contributed by atoms with Gasteiger partial charge in [0.05, 0.1) is 6.61 Å². The van der Waals surface area contributed by atoms with Gasteiger partial charge in [0.25, 0.3) is 0 Å². The number of hydrogen-bond donors (Lipinski definition) is 1. The zero-order valence-corrected chi connectivity index (χ0v) is 12.7. The van der Waals surface area contributed by atoms with E-state index < -0.39 is 6.04 Å². The van der Waals surface area contributed by atoms with Crippen LogP contribution in [0.3, 0.4) is 0 Å². The van der Waals surface area contributed by atoms with E-state index in [1.165, 1.54) is 11.3 Å².